The average Bonchev–Trinajstić information content (AvgIpc) is 3.33. The standard InChI is InChI=1S/C56H58FN3O5S/c1-54(2)22-25-60-26-23-55(3,4)51-52(60)45(54)33-44-50(43-34-49-47(35-46(43)57)58-24-31-66-49)42-21-16-39(32-48(42)65-53(44)51)59(27-29-61)28-30-64-56(36-10-8-7-9-11-36,37-12-17-40(62-5)18-13-37)38-14-19-41(63-6)20-15-38/h7-21,32-35,61H,22-31H2,1-6H3/p+1. The minimum atomic E-state index is -1.00. The van der Waals surface area contributed by atoms with Crippen molar-refractivity contribution in [3.63, 3.8) is 0 Å². The smallest absolute Gasteiger partial charge is 0.203 e. The molecule has 0 bridgehead atoms. The number of nitrogens with one attached hydrogen (secondary N) is 1. The second-order valence-corrected chi connectivity index (χ2v) is 20.2. The molecule has 10 rings (SSSR count). The molecule has 1 aliphatic carbocycles. The summed E-state index contributed by atoms with van der Waals surface area (Å²) in [5.74, 6) is 2.82. The fourth-order valence-corrected chi connectivity index (χ4v) is 11.5. The van der Waals surface area contributed by atoms with E-state index in [2.05, 4.69) is 103 Å². The minimum absolute atomic E-state index is 0.0684. The van der Waals surface area contributed by atoms with Gasteiger partial charge in [-0.15, -0.1) is 11.8 Å². The summed E-state index contributed by atoms with van der Waals surface area (Å²) < 4.78 is 44.7. The van der Waals surface area contributed by atoms with Gasteiger partial charge < -0.3 is 34.0 Å². The molecular formula is C56H59FN3O5S+. The highest BCUT2D eigenvalue weighted by Gasteiger charge is 2.43. The van der Waals surface area contributed by atoms with Crippen molar-refractivity contribution in [2.75, 3.05) is 76.1 Å². The summed E-state index contributed by atoms with van der Waals surface area (Å²) in [6.45, 7) is 13.2. The van der Waals surface area contributed by atoms with Crippen LogP contribution in [0.25, 0.3) is 33.4 Å². The van der Waals surface area contributed by atoms with Gasteiger partial charge in [0.1, 0.15) is 47.5 Å². The molecule has 10 heteroatoms. The summed E-state index contributed by atoms with van der Waals surface area (Å²) in [6, 6.07) is 38.6. The first-order valence-corrected chi connectivity index (χ1v) is 24.2. The Morgan fingerprint density at radius 3 is 2.12 bits per heavy atom. The topological polar surface area (TPSA) is 79.3 Å². The monoisotopic (exact) mass is 904 g/mol. The third-order valence-corrected chi connectivity index (χ3v) is 15.4. The molecule has 5 aliphatic rings. The highest BCUT2D eigenvalue weighted by Crippen LogP contribution is 2.55. The number of hydrogen-bond donors (Lipinski definition) is 2. The van der Waals surface area contributed by atoms with Crippen LogP contribution in [-0.2, 0) is 21.2 Å². The largest absolute Gasteiger partial charge is 0.497 e. The Labute approximate surface area is 391 Å². The predicted molar refractivity (Wildman–Crippen MR) is 265 cm³/mol. The SMILES string of the molecule is COc1ccc(C(OCC[N+](CCO)=c2ccc3c(-c4cc5c(cc4F)NCCS5)c4cc5c6c(c4oc-3c2)C(C)(C)CCN6CCC5(C)C)(c2ccccc2)c2ccc(OC)cc2)cc1. The van der Waals surface area contributed by atoms with Crippen LogP contribution in [0, 0.1) is 5.82 Å². The molecule has 5 aromatic rings. The fraction of sp³-hybridized carbons (Fsp3) is 0.339. The van der Waals surface area contributed by atoms with E-state index in [1.807, 2.05) is 48.5 Å². The first-order chi connectivity index (χ1) is 32.0. The van der Waals surface area contributed by atoms with Crippen molar-refractivity contribution >= 4 is 34.1 Å². The lowest BCUT2D eigenvalue weighted by atomic mass is 9.68. The molecule has 66 heavy (non-hydrogen) atoms. The maximum absolute atomic E-state index is 16.9. The molecule has 8 nitrogen and oxygen atoms in total. The highest BCUT2D eigenvalue weighted by atomic mass is 32.2. The number of benzene rings is 6. The molecule has 0 unspecified atom stereocenters. The quantitative estimate of drug-likeness (QED) is 0.0713. The molecule has 0 saturated heterocycles. The molecule has 0 atom stereocenters. The van der Waals surface area contributed by atoms with Gasteiger partial charge in [-0.25, -0.2) is 8.97 Å². The molecule has 0 spiro atoms. The molecule has 4 heterocycles. The maximum Gasteiger partial charge on any atom is 0.203 e. The van der Waals surface area contributed by atoms with Gasteiger partial charge in [-0.2, -0.15) is 0 Å². The summed E-state index contributed by atoms with van der Waals surface area (Å²) >= 11 is 1.76. The summed E-state index contributed by atoms with van der Waals surface area (Å²) in [6.07, 6.45) is 2.03. The van der Waals surface area contributed by atoms with Crippen molar-refractivity contribution in [1.29, 1.82) is 0 Å². The fourth-order valence-electron chi connectivity index (χ4n) is 10.6. The number of thioether (sulfide) groups is 1. The van der Waals surface area contributed by atoms with E-state index in [9.17, 15) is 5.11 Å². The van der Waals surface area contributed by atoms with E-state index < -0.39 is 5.60 Å². The van der Waals surface area contributed by atoms with Crippen molar-refractivity contribution in [2.24, 2.45) is 0 Å². The summed E-state index contributed by atoms with van der Waals surface area (Å²) in [5, 5.41) is 15.8. The Balaban J connectivity index is 1.16. The van der Waals surface area contributed by atoms with E-state index in [0.717, 1.165) is 104 Å². The Morgan fingerprint density at radius 1 is 0.788 bits per heavy atom. The van der Waals surface area contributed by atoms with Crippen LogP contribution in [0.5, 0.6) is 11.5 Å². The van der Waals surface area contributed by atoms with Gasteiger partial charge in [-0.05, 0) is 94.5 Å². The molecule has 0 fully saturated rings. The Morgan fingerprint density at radius 2 is 1.45 bits per heavy atom. The van der Waals surface area contributed by atoms with Gasteiger partial charge in [0.25, 0.3) is 0 Å². The van der Waals surface area contributed by atoms with Crippen LogP contribution < -0.4 is 29.6 Å². The number of halogens is 1. The average molecular weight is 905 g/mol. The zero-order valence-corrected chi connectivity index (χ0v) is 39.6. The molecule has 4 aliphatic heterocycles. The number of aliphatic hydroxyl groups is 1. The number of methoxy groups -OCH3 is 2. The molecular weight excluding hydrogens is 846 g/mol. The second kappa shape index (κ2) is 17.4. The van der Waals surface area contributed by atoms with Crippen LogP contribution in [-0.4, -0.2) is 71.0 Å². The predicted octanol–water partition coefficient (Wildman–Crippen LogP) is 10.8. The first kappa shape index (κ1) is 44.0. The zero-order chi connectivity index (χ0) is 45.8. The van der Waals surface area contributed by atoms with Crippen molar-refractivity contribution in [2.45, 2.75) is 61.9 Å². The van der Waals surface area contributed by atoms with E-state index in [0.29, 0.717) is 31.0 Å². The van der Waals surface area contributed by atoms with Gasteiger partial charge >= 0.3 is 0 Å². The highest BCUT2D eigenvalue weighted by molar-refractivity contribution is 7.99. The van der Waals surface area contributed by atoms with Gasteiger partial charge in [0.05, 0.1) is 26.0 Å². The van der Waals surface area contributed by atoms with Crippen molar-refractivity contribution in [3.8, 4) is 33.9 Å². The molecule has 0 radical (unpaired) electrons. The minimum Gasteiger partial charge on any atom is -0.497 e. The summed E-state index contributed by atoms with van der Waals surface area (Å²) in [7, 11) is 3.33. The Kier molecular flexibility index (Phi) is 11.6. The van der Waals surface area contributed by atoms with Crippen LogP contribution in [0.15, 0.2) is 125 Å². The Hall–Kier alpha value is -5.81. The Bertz CT molecular complexity index is 2920. The molecule has 5 aromatic carbocycles. The van der Waals surface area contributed by atoms with Crippen LogP contribution in [0.2, 0.25) is 0 Å². The number of nitrogens with zero attached hydrogens (tertiary/aromatic N) is 2. The van der Waals surface area contributed by atoms with E-state index in [-0.39, 0.29) is 23.3 Å². The van der Waals surface area contributed by atoms with E-state index in [1.165, 1.54) is 16.8 Å². The van der Waals surface area contributed by atoms with Gasteiger partial charge in [0.15, 0.2) is 13.1 Å². The number of rotatable bonds is 12. The number of ether oxygens (including phenoxy) is 3. The van der Waals surface area contributed by atoms with Crippen LogP contribution >= 0.6 is 11.8 Å². The number of hydrogen-bond acceptors (Lipinski definition) is 8. The lowest BCUT2D eigenvalue weighted by Gasteiger charge is -2.48. The lowest BCUT2D eigenvalue weighted by molar-refractivity contribution is 0.0123. The molecule has 2 N–H and O–H groups in total. The van der Waals surface area contributed by atoms with E-state index in [4.69, 9.17) is 18.6 Å². The molecule has 0 saturated carbocycles. The van der Waals surface area contributed by atoms with E-state index in [1.54, 1.807) is 32.0 Å². The second-order valence-electron chi connectivity index (χ2n) is 19.1. The lowest BCUT2D eigenvalue weighted by Crippen LogP contribution is -2.44. The maximum atomic E-state index is 16.9. The number of aliphatic hydroxyl groups excluding tert-OH is 1. The zero-order valence-electron chi connectivity index (χ0n) is 38.8. The molecule has 0 aromatic heterocycles. The van der Waals surface area contributed by atoms with Gasteiger partial charge in [-0.1, -0.05) is 82.3 Å². The number of anilines is 2. The molecule has 0 amide bonds. The third kappa shape index (κ3) is 7.61. The van der Waals surface area contributed by atoms with Gasteiger partial charge in [-0.3, -0.25) is 0 Å². The van der Waals surface area contributed by atoms with Crippen LogP contribution in [0.1, 0.15) is 68.4 Å². The van der Waals surface area contributed by atoms with E-state index >= 15 is 4.39 Å². The van der Waals surface area contributed by atoms with Gasteiger partial charge in [0.2, 0.25) is 5.36 Å². The first-order valence-electron chi connectivity index (χ1n) is 23.2. The number of fused-ring (bicyclic) bond motifs is 4. The van der Waals surface area contributed by atoms with Crippen LogP contribution in [0.4, 0.5) is 15.8 Å². The van der Waals surface area contributed by atoms with Crippen molar-refractivity contribution in [1.82, 2.24) is 4.58 Å². The third-order valence-electron chi connectivity index (χ3n) is 14.3. The van der Waals surface area contributed by atoms with Gasteiger partial charge in [0, 0.05) is 69.7 Å². The van der Waals surface area contributed by atoms with Crippen LogP contribution in [0.3, 0.4) is 0 Å². The van der Waals surface area contributed by atoms with Crippen molar-refractivity contribution in [3.05, 3.63) is 154 Å². The van der Waals surface area contributed by atoms with Crippen molar-refractivity contribution < 1.29 is 28.1 Å². The molecule has 340 valence electrons. The normalized spacial score (nSPS) is 16.6. The summed E-state index contributed by atoms with van der Waals surface area (Å²) in [4.78, 5) is 3.60. The summed E-state index contributed by atoms with van der Waals surface area (Å²) in [5.41, 5.74) is 9.29.